The number of halogens is 1. The number of carboxylic acid groups (broad SMARTS) is 1. The Bertz CT molecular complexity index is 572. The van der Waals surface area contributed by atoms with Gasteiger partial charge in [-0.2, -0.15) is 0 Å². The van der Waals surface area contributed by atoms with Gasteiger partial charge in [-0.25, -0.2) is 17.5 Å². The van der Waals surface area contributed by atoms with Gasteiger partial charge in [0, 0.05) is 13.0 Å². The van der Waals surface area contributed by atoms with Crippen LogP contribution in [-0.2, 0) is 14.8 Å². The number of rotatable bonds is 8. The third-order valence-electron chi connectivity index (χ3n) is 2.80. The van der Waals surface area contributed by atoms with Crippen molar-refractivity contribution in [3.63, 3.8) is 0 Å². The van der Waals surface area contributed by atoms with Crippen LogP contribution in [0.5, 0.6) is 0 Å². The quantitative estimate of drug-likeness (QED) is 0.720. The smallest absolute Gasteiger partial charge is 0.303 e. The Labute approximate surface area is 117 Å². The third-order valence-corrected chi connectivity index (χ3v) is 4.26. The van der Waals surface area contributed by atoms with Crippen molar-refractivity contribution >= 4 is 16.0 Å². The van der Waals surface area contributed by atoms with Crippen molar-refractivity contribution in [3.8, 4) is 0 Å². The maximum Gasteiger partial charge on any atom is 0.303 e. The molecule has 0 heterocycles. The molecule has 1 aromatic carbocycles. The van der Waals surface area contributed by atoms with Crippen molar-refractivity contribution in [3.05, 3.63) is 29.6 Å². The highest BCUT2D eigenvalue weighted by Crippen LogP contribution is 2.14. The second kappa shape index (κ2) is 7.35. The van der Waals surface area contributed by atoms with Gasteiger partial charge >= 0.3 is 5.97 Å². The van der Waals surface area contributed by atoms with Crippen molar-refractivity contribution in [1.82, 2.24) is 4.72 Å². The van der Waals surface area contributed by atoms with E-state index in [2.05, 4.69) is 4.72 Å². The molecule has 0 aliphatic heterocycles. The summed E-state index contributed by atoms with van der Waals surface area (Å²) in [4.78, 5) is 10.3. The van der Waals surface area contributed by atoms with Gasteiger partial charge in [0.2, 0.25) is 10.0 Å². The van der Waals surface area contributed by atoms with Crippen molar-refractivity contribution in [2.24, 2.45) is 0 Å². The minimum Gasteiger partial charge on any atom is -0.481 e. The minimum absolute atomic E-state index is 0.0296. The summed E-state index contributed by atoms with van der Waals surface area (Å²) in [7, 11) is -3.64. The molecule has 0 saturated carbocycles. The lowest BCUT2D eigenvalue weighted by molar-refractivity contribution is -0.137. The van der Waals surface area contributed by atoms with Gasteiger partial charge in [0.25, 0.3) is 0 Å². The zero-order valence-electron chi connectivity index (χ0n) is 11.2. The van der Waals surface area contributed by atoms with Gasteiger partial charge < -0.3 is 5.11 Å². The molecule has 0 fully saturated rings. The highest BCUT2D eigenvalue weighted by atomic mass is 32.2. The molecule has 5 nitrogen and oxygen atoms in total. The standard InChI is InChI=1S/C13H18FNO4S/c1-10-9-11(6-7-12(10)14)20(18,19)15-8-4-2-3-5-13(16)17/h6-7,9,15H,2-5,8H2,1H3,(H,16,17). The fraction of sp³-hybridized carbons (Fsp3) is 0.462. The Morgan fingerprint density at radius 1 is 1.30 bits per heavy atom. The molecule has 0 unspecified atom stereocenters. The number of benzene rings is 1. The predicted molar refractivity (Wildman–Crippen MR) is 72.4 cm³/mol. The normalized spacial score (nSPS) is 11.5. The predicted octanol–water partition coefficient (Wildman–Crippen LogP) is 2.06. The Morgan fingerprint density at radius 3 is 2.60 bits per heavy atom. The van der Waals surface area contributed by atoms with Gasteiger partial charge in [0.15, 0.2) is 0 Å². The van der Waals surface area contributed by atoms with E-state index in [0.717, 1.165) is 6.07 Å². The number of unbranched alkanes of at least 4 members (excludes halogenated alkanes) is 2. The van der Waals surface area contributed by atoms with Crippen molar-refractivity contribution in [1.29, 1.82) is 0 Å². The number of nitrogens with one attached hydrogen (secondary N) is 1. The number of sulfonamides is 1. The zero-order chi connectivity index (χ0) is 15.2. The van der Waals surface area contributed by atoms with E-state index in [4.69, 9.17) is 5.11 Å². The Morgan fingerprint density at radius 2 is 2.00 bits per heavy atom. The molecule has 0 amide bonds. The molecule has 1 aromatic rings. The van der Waals surface area contributed by atoms with E-state index in [9.17, 15) is 17.6 Å². The molecule has 7 heteroatoms. The van der Waals surface area contributed by atoms with E-state index >= 15 is 0 Å². The monoisotopic (exact) mass is 303 g/mol. The van der Waals surface area contributed by atoms with Crippen LogP contribution in [0.15, 0.2) is 23.1 Å². The molecule has 20 heavy (non-hydrogen) atoms. The fourth-order valence-electron chi connectivity index (χ4n) is 1.65. The largest absolute Gasteiger partial charge is 0.481 e. The summed E-state index contributed by atoms with van der Waals surface area (Å²) in [5, 5.41) is 8.45. The molecule has 0 aliphatic rings. The molecule has 0 spiro atoms. The molecule has 0 atom stereocenters. The summed E-state index contributed by atoms with van der Waals surface area (Å²) >= 11 is 0. The van der Waals surface area contributed by atoms with Gasteiger partial charge in [0.1, 0.15) is 5.82 Å². The van der Waals surface area contributed by atoms with Crippen LogP contribution in [0.25, 0.3) is 0 Å². The number of aliphatic carboxylic acids is 1. The van der Waals surface area contributed by atoms with Crippen molar-refractivity contribution in [2.75, 3.05) is 6.54 Å². The maximum atomic E-state index is 13.1. The Balaban J connectivity index is 2.45. The molecule has 112 valence electrons. The molecular weight excluding hydrogens is 285 g/mol. The first-order valence-electron chi connectivity index (χ1n) is 6.30. The summed E-state index contributed by atoms with van der Waals surface area (Å²) in [6, 6.07) is 3.62. The van der Waals surface area contributed by atoms with Crippen LogP contribution in [-0.4, -0.2) is 26.0 Å². The second-order valence-corrected chi connectivity index (χ2v) is 6.28. The highest BCUT2D eigenvalue weighted by Gasteiger charge is 2.14. The maximum absolute atomic E-state index is 13.1. The SMILES string of the molecule is Cc1cc(S(=O)(=O)NCCCCCC(=O)O)ccc1F. The van der Waals surface area contributed by atoms with Crippen LogP contribution in [0.3, 0.4) is 0 Å². The van der Waals surface area contributed by atoms with Crippen LogP contribution in [0, 0.1) is 12.7 Å². The molecule has 1 rings (SSSR count). The van der Waals surface area contributed by atoms with E-state index in [1.165, 1.54) is 19.1 Å². The zero-order valence-corrected chi connectivity index (χ0v) is 12.0. The lowest BCUT2D eigenvalue weighted by atomic mass is 10.2. The van der Waals surface area contributed by atoms with Gasteiger partial charge in [-0.15, -0.1) is 0 Å². The van der Waals surface area contributed by atoms with Gasteiger partial charge in [0.05, 0.1) is 4.90 Å². The highest BCUT2D eigenvalue weighted by molar-refractivity contribution is 7.89. The molecule has 0 aromatic heterocycles. The van der Waals surface area contributed by atoms with Gasteiger partial charge in [-0.05, 0) is 43.5 Å². The van der Waals surface area contributed by atoms with Gasteiger partial charge in [-0.3, -0.25) is 4.79 Å². The van der Waals surface area contributed by atoms with Crippen LogP contribution >= 0.6 is 0 Å². The summed E-state index contributed by atoms with van der Waals surface area (Å²) in [5.74, 6) is -1.30. The fourth-order valence-corrected chi connectivity index (χ4v) is 2.81. The first-order valence-corrected chi connectivity index (χ1v) is 7.79. The van der Waals surface area contributed by atoms with Crippen molar-refractivity contribution in [2.45, 2.75) is 37.5 Å². The second-order valence-electron chi connectivity index (χ2n) is 4.51. The average molecular weight is 303 g/mol. The first kappa shape index (κ1) is 16.6. The van der Waals surface area contributed by atoms with Crippen LogP contribution in [0.4, 0.5) is 4.39 Å². The van der Waals surface area contributed by atoms with E-state index < -0.39 is 21.8 Å². The van der Waals surface area contributed by atoms with Crippen molar-refractivity contribution < 1.29 is 22.7 Å². The van der Waals surface area contributed by atoms with Crippen LogP contribution in [0.1, 0.15) is 31.2 Å². The van der Waals surface area contributed by atoms with Crippen LogP contribution in [0.2, 0.25) is 0 Å². The topological polar surface area (TPSA) is 83.5 Å². The Hall–Kier alpha value is -1.47. The molecule has 0 aliphatic carbocycles. The molecule has 0 bridgehead atoms. The third kappa shape index (κ3) is 5.26. The number of aryl methyl sites for hydroxylation is 1. The van der Waals surface area contributed by atoms with E-state index in [0.29, 0.717) is 19.3 Å². The molecule has 0 radical (unpaired) electrons. The van der Waals surface area contributed by atoms with E-state index in [-0.39, 0.29) is 23.4 Å². The van der Waals surface area contributed by atoms with E-state index in [1.807, 2.05) is 0 Å². The number of hydrogen-bond donors (Lipinski definition) is 2. The Kier molecular flexibility index (Phi) is 6.09. The van der Waals surface area contributed by atoms with Gasteiger partial charge in [-0.1, -0.05) is 6.42 Å². The number of carbonyl (C=O) groups is 1. The summed E-state index contributed by atoms with van der Waals surface area (Å²) in [6.45, 7) is 1.73. The average Bonchev–Trinajstić information content (AvgIpc) is 2.36. The number of hydrogen-bond acceptors (Lipinski definition) is 3. The lowest BCUT2D eigenvalue weighted by Gasteiger charge is -2.07. The minimum atomic E-state index is -3.64. The molecule has 0 saturated heterocycles. The lowest BCUT2D eigenvalue weighted by Crippen LogP contribution is -2.25. The summed E-state index contributed by atoms with van der Waals surface area (Å²) < 4.78 is 39.3. The number of carboxylic acids is 1. The van der Waals surface area contributed by atoms with Crippen LogP contribution < -0.4 is 4.72 Å². The van der Waals surface area contributed by atoms with E-state index in [1.54, 1.807) is 0 Å². The molecular formula is C13H18FNO4S. The summed E-state index contributed by atoms with van der Waals surface area (Å²) in [5.41, 5.74) is 0.273. The molecule has 2 N–H and O–H groups in total. The summed E-state index contributed by atoms with van der Waals surface area (Å²) in [6.07, 6.45) is 1.81. The first-order chi connectivity index (χ1) is 9.33.